The summed E-state index contributed by atoms with van der Waals surface area (Å²) in [4.78, 5) is 26.5. The molecule has 0 aliphatic carbocycles. The first kappa shape index (κ1) is 15.9. The van der Waals surface area contributed by atoms with Crippen LogP contribution in [0.15, 0.2) is 34.9 Å². The number of aromatic nitrogens is 2. The van der Waals surface area contributed by atoms with Gasteiger partial charge in [0.25, 0.3) is 0 Å². The maximum absolute atomic E-state index is 12.0. The van der Waals surface area contributed by atoms with Crippen molar-refractivity contribution in [1.29, 1.82) is 0 Å². The smallest absolute Gasteiger partial charge is 0.406 e. The Bertz CT molecular complexity index is 675. The minimum absolute atomic E-state index is 0.0367. The maximum atomic E-state index is 12.0. The summed E-state index contributed by atoms with van der Waals surface area (Å²) in [5.74, 6) is -2.21. The van der Waals surface area contributed by atoms with E-state index in [2.05, 4.69) is 10.1 Å². The average molecular weight is 326 g/mol. The van der Waals surface area contributed by atoms with Gasteiger partial charge in [0.1, 0.15) is 5.88 Å². The molecule has 1 unspecified atom stereocenters. The van der Waals surface area contributed by atoms with Gasteiger partial charge in [0, 0.05) is 10.5 Å². The number of ether oxygens (including phenoxy) is 1. The number of carbonyl (C=O) groups excluding carboxylic acids is 1. The predicted octanol–water partition coefficient (Wildman–Crippen LogP) is 2.01. The zero-order valence-corrected chi connectivity index (χ0v) is 12.3. The lowest BCUT2D eigenvalue weighted by molar-refractivity contribution is -0.562. The summed E-state index contributed by atoms with van der Waals surface area (Å²) in [7, 11) is 0. The van der Waals surface area contributed by atoms with Crippen molar-refractivity contribution in [3.8, 4) is 11.4 Å². The first-order chi connectivity index (χ1) is 10.6. The van der Waals surface area contributed by atoms with Crippen LogP contribution in [-0.4, -0.2) is 33.5 Å². The number of carbonyl (C=O) groups is 1. The molecule has 1 aromatic carbocycles. The number of benzene rings is 1. The van der Waals surface area contributed by atoms with Gasteiger partial charge in [-0.25, -0.2) is 4.79 Å². The van der Waals surface area contributed by atoms with Crippen LogP contribution in [0.1, 0.15) is 12.8 Å². The minimum Gasteiger partial charge on any atom is -0.460 e. The summed E-state index contributed by atoms with van der Waals surface area (Å²) < 4.78 is 9.65. The summed E-state index contributed by atoms with van der Waals surface area (Å²) in [6.07, 6.45) is 0. The zero-order valence-electron chi connectivity index (χ0n) is 11.6. The van der Waals surface area contributed by atoms with Gasteiger partial charge < -0.3 is 9.26 Å². The fraction of sp³-hybridized carbons (Fsp3) is 0.308. The van der Waals surface area contributed by atoms with Crippen molar-refractivity contribution in [2.45, 2.75) is 12.5 Å². The summed E-state index contributed by atoms with van der Waals surface area (Å²) >= 11 is 5.67. The number of hydrogen-bond donors (Lipinski definition) is 0. The van der Waals surface area contributed by atoms with Crippen LogP contribution in [0.2, 0.25) is 0 Å². The highest BCUT2D eigenvalue weighted by Crippen LogP contribution is 2.29. The molecule has 1 heterocycles. The van der Waals surface area contributed by atoms with E-state index in [1.54, 1.807) is 30.3 Å². The highest BCUT2D eigenvalue weighted by molar-refractivity contribution is 6.20. The lowest BCUT2D eigenvalue weighted by Gasteiger charge is -2.16. The first-order valence-electron chi connectivity index (χ1n) is 6.33. The van der Waals surface area contributed by atoms with Crippen molar-refractivity contribution in [3.05, 3.63) is 46.3 Å². The molecule has 8 nitrogen and oxygen atoms in total. The molecule has 1 atom stereocenters. The monoisotopic (exact) mass is 325 g/mol. The molecule has 0 radical (unpaired) electrons. The van der Waals surface area contributed by atoms with Crippen LogP contribution >= 0.6 is 11.6 Å². The molecule has 116 valence electrons. The second kappa shape index (κ2) is 6.52. The molecule has 0 fully saturated rings. The number of alkyl halides is 1. The summed E-state index contributed by atoms with van der Waals surface area (Å²) in [6.45, 7) is 1.49. The van der Waals surface area contributed by atoms with E-state index >= 15 is 0 Å². The average Bonchev–Trinajstić information content (AvgIpc) is 2.99. The van der Waals surface area contributed by atoms with Crippen LogP contribution in [0, 0.1) is 10.1 Å². The lowest BCUT2D eigenvalue weighted by Crippen LogP contribution is -2.47. The van der Waals surface area contributed by atoms with Crippen LogP contribution in [0.25, 0.3) is 11.4 Å². The highest BCUT2D eigenvalue weighted by atomic mass is 35.5. The predicted molar refractivity (Wildman–Crippen MR) is 75.8 cm³/mol. The number of halogens is 1. The third-order valence-corrected chi connectivity index (χ3v) is 3.32. The zero-order chi connectivity index (χ0) is 16.2. The van der Waals surface area contributed by atoms with E-state index in [0.717, 1.165) is 0 Å². The summed E-state index contributed by atoms with van der Waals surface area (Å²) in [5.41, 5.74) is -1.83. The second-order valence-corrected chi connectivity index (χ2v) is 4.53. The van der Waals surface area contributed by atoms with E-state index in [0.29, 0.717) is 5.56 Å². The molecule has 2 aromatic rings. The van der Waals surface area contributed by atoms with Crippen molar-refractivity contribution < 1.29 is 19.0 Å². The Kier molecular flexibility index (Phi) is 4.71. The Hall–Kier alpha value is -2.48. The molecule has 22 heavy (non-hydrogen) atoms. The molecule has 0 saturated carbocycles. The van der Waals surface area contributed by atoms with Crippen molar-refractivity contribution in [2.75, 3.05) is 12.5 Å². The molecule has 0 spiro atoms. The van der Waals surface area contributed by atoms with Gasteiger partial charge in [0.2, 0.25) is 5.82 Å². The topological polar surface area (TPSA) is 108 Å². The summed E-state index contributed by atoms with van der Waals surface area (Å²) in [6, 6.07) is 8.70. The fourth-order valence-electron chi connectivity index (χ4n) is 1.75. The molecule has 0 bridgehead atoms. The number of rotatable bonds is 6. The lowest BCUT2D eigenvalue weighted by atomic mass is 10.0. The first-order valence-corrected chi connectivity index (χ1v) is 6.87. The van der Waals surface area contributed by atoms with Crippen molar-refractivity contribution in [2.24, 2.45) is 0 Å². The minimum atomic E-state index is -2.42. The molecular formula is C13H12ClN3O5. The Morgan fingerprint density at radius 3 is 2.68 bits per heavy atom. The van der Waals surface area contributed by atoms with Crippen molar-refractivity contribution in [1.82, 2.24) is 10.1 Å². The van der Waals surface area contributed by atoms with Crippen LogP contribution in [0.4, 0.5) is 0 Å². The normalized spacial score (nSPS) is 13.4. The fourth-order valence-corrected chi connectivity index (χ4v) is 2.07. The number of esters is 1. The molecule has 0 aliphatic heterocycles. The van der Waals surface area contributed by atoms with Crippen molar-refractivity contribution in [3.63, 3.8) is 0 Å². The van der Waals surface area contributed by atoms with E-state index < -0.39 is 28.2 Å². The standard InChI is InChI=1S/C13H12ClN3O5/c1-2-21-12(18)13(8-14,17(19)20)11-15-10(16-22-11)9-6-4-3-5-7-9/h3-7H,2,8H2,1H3. The van der Waals surface area contributed by atoms with Crippen LogP contribution in [0.5, 0.6) is 0 Å². The second-order valence-electron chi connectivity index (χ2n) is 4.26. The van der Waals surface area contributed by atoms with Gasteiger partial charge in [-0.1, -0.05) is 35.5 Å². The molecular weight excluding hydrogens is 314 g/mol. The van der Waals surface area contributed by atoms with Gasteiger partial charge in [0.05, 0.1) is 6.61 Å². The Morgan fingerprint density at radius 1 is 1.45 bits per heavy atom. The van der Waals surface area contributed by atoms with Gasteiger partial charge in [-0.05, 0) is 6.92 Å². The molecule has 2 rings (SSSR count). The van der Waals surface area contributed by atoms with E-state index in [4.69, 9.17) is 20.9 Å². The highest BCUT2D eigenvalue weighted by Gasteiger charge is 2.59. The molecule has 9 heteroatoms. The summed E-state index contributed by atoms with van der Waals surface area (Å²) in [5, 5.41) is 15.1. The van der Waals surface area contributed by atoms with Gasteiger partial charge in [-0.2, -0.15) is 4.98 Å². The van der Waals surface area contributed by atoms with Crippen molar-refractivity contribution >= 4 is 17.6 Å². The van der Waals surface area contributed by atoms with Gasteiger partial charge in [0.15, 0.2) is 0 Å². The van der Waals surface area contributed by atoms with E-state index in [1.165, 1.54) is 6.92 Å². The molecule has 0 aliphatic rings. The maximum Gasteiger partial charge on any atom is 0.406 e. The van der Waals surface area contributed by atoms with Crippen LogP contribution in [-0.2, 0) is 15.1 Å². The largest absolute Gasteiger partial charge is 0.460 e. The third-order valence-electron chi connectivity index (χ3n) is 2.93. The molecule has 1 aromatic heterocycles. The van der Waals surface area contributed by atoms with Gasteiger partial charge in [-0.15, -0.1) is 11.6 Å². The number of hydrogen-bond acceptors (Lipinski definition) is 7. The van der Waals surface area contributed by atoms with Crippen LogP contribution in [0.3, 0.4) is 0 Å². The third kappa shape index (κ3) is 2.64. The molecule has 0 saturated heterocycles. The molecule has 0 N–H and O–H groups in total. The SMILES string of the molecule is CCOC(=O)C(CCl)(c1nc(-c2ccccc2)no1)[N+](=O)[O-]. The Balaban J connectivity index is 2.48. The Morgan fingerprint density at radius 2 is 2.14 bits per heavy atom. The van der Waals surface area contributed by atoms with Crippen LogP contribution < -0.4 is 0 Å². The number of nitrogens with zero attached hydrogens (tertiary/aromatic N) is 3. The van der Waals surface area contributed by atoms with E-state index in [1.807, 2.05) is 0 Å². The Labute approximate surface area is 130 Å². The van der Waals surface area contributed by atoms with Gasteiger partial charge >= 0.3 is 17.4 Å². The van der Waals surface area contributed by atoms with E-state index in [9.17, 15) is 14.9 Å². The van der Waals surface area contributed by atoms with Gasteiger partial charge in [-0.3, -0.25) is 10.1 Å². The van der Waals surface area contributed by atoms with E-state index in [-0.39, 0.29) is 12.4 Å². The quantitative estimate of drug-likeness (QED) is 0.346. The number of nitro groups is 1. The molecule has 0 amide bonds.